The van der Waals surface area contributed by atoms with Gasteiger partial charge in [-0.3, -0.25) is 4.98 Å². The van der Waals surface area contributed by atoms with E-state index in [-0.39, 0.29) is 0 Å². The Morgan fingerprint density at radius 3 is 3.05 bits per heavy atom. The molecule has 1 aromatic carbocycles. The van der Waals surface area contributed by atoms with Gasteiger partial charge in [0.2, 0.25) is 0 Å². The molecule has 1 unspecified atom stereocenters. The van der Waals surface area contributed by atoms with E-state index in [9.17, 15) is 0 Å². The Balaban J connectivity index is 2.11. The second-order valence-electron chi connectivity index (χ2n) is 5.40. The van der Waals surface area contributed by atoms with Gasteiger partial charge >= 0.3 is 0 Å². The van der Waals surface area contributed by atoms with Gasteiger partial charge in [-0.25, -0.2) is 0 Å². The van der Waals surface area contributed by atoms with Crippen LogP contribution in [0.15, 0.2) is 36.5 Å². The molecular weight excluding hydrogens is 232 g/mol. The summed E-state index contributed by atoms with van der Waals surface area (Å²) in [5.74, 6) is 0.420. The number of aryl methyl sites for hydroxylation is 2. The molecule has 1 aliphatic rings. The van der Waals surface area contributed by atoms with Gasteiger partial charge in [0.05, 0.1) is 5.69 Å². The molecule has 2 heteroatoms. The van der Waals surface area contributed by atoms with Crippen LogP contribution >= 0.6 is 0 Å². The molecule has 1 aliphatic carbocycles. The van der Waals surface area contributed by atoms with Crippen molar-refractivity contribution >= 4 is 0 Å². The van der Waals surface area contributed by atoms with Crippen LogP contribution in [0.5, 0.6) is 0 Å². The Bertz CT molecular complexity index is 590. The number of benzene rings is 1. The van der Waals surface area contributed by atoms with E-state index in [1.807, 2.05) is 12.3 Å². The molecule has 0 aliphatic heterocycles. The summed E-state index contributed by atoms with van der Waals surface area (Å²) in [7, 11) is 0. The highest BCUT2D eigenvalue weighted by Crippen LogP contribution is 2.36. The topological polar surface area (TPSA) is 38.9 Å². The van der Waals surface area contributed by atoms with Crippen molar-refractivity contribution in [2.24, 2.45) is 5.73 Å². The Labute approximate surface area is 114 Å². The maximum absolute atomic E-state index is 5.91. The molecule has 0 saturated carbocycles. The lowest BCUT2D eigenvalue weighted by Gasteiger charge is -2.26. The zero-order valence-electron chi connectivity index (χ0n) is 11.4. The standard InChI is InChI=1S/C17H20N2/c1-12-7-8-14(11-18)16(10-12)15-6-2-4-13-5-3-9-19-17(13)15/h3,5,7-10,15H,2,4,6,11,18H2,1H3. The molecule has 3 rings (SSSR count). The van der Waals surface area contributed by atoms with E-state index in [4.69, 9.17) is 5.73 Å². The normalized spacial score (nSPS) is 18.1. The number of rotatable bonds is 2. The molecule has 1 atom stereocenters. The predicted octanol–water partition coefficient (Wildman–Crippen LogP) is 3.32. The molecule has 0 fully saturated rings. The largest absolute Gasteiger partial charge is 0.326 e. The number of aromatic nitrogens is 1. The third-order valence-corrected chi connectivity index (χ3v) is 4.09. The summed E-state index contributed by atoms with van der Waals surface area (Å²) in [6, 6.07) is 10.9. The van der Waals surface area contributed by atoms with Crippen LogP contribution in [0.1, 0.15) is 46.7 Å². The highest BCUT2D eigenvalue weighted by atomic mass is 14.7. The van der Waals surface area contributed by atoms with Crippen molar-refractivity contribution < 1.29 is 0 Å². The van der Waals surface area contributed by atoms with Crippen molar-refractivity contribution in [3.63, 3.8) is 0 Å². The lowest BCUT2D eigenvalue weighted by Crippen LogP contribution is -2.15. The summed E-state index contributed by atoms with van der Waals surface area (Å²) in [4.78, 5) is 4.64. The Morgan fingerprint density at radius 1 is 1.32 bits per heavy atom. The maximum Gasteiger partial charge on any atom is 0.0510 e. The molecule has 2 aromatic rings. The third kappa shape index (κ3) is 2.28. The fourth-order valence-corrected chi connectivity index (χ4v) is 3.14. The summed E-state index contributed by atoms with van der Waals surface area (Å²) in [6.07, 6.45) is 5.49. The van der Waals surface area contributed by atoms with E-state index in [1.165, 1.54) is 40.8 Å². The Hall–Kier alpha value is -1.67. The quantitative estimate of drug-likeness (QED) is 0.890. The highest BCUT2D eigenvalue weighted by molar-refractivity contribution is 5.41. The molecule has 19 heavy (non-hydrogen) atoms. The van der Waals surface area contributed by atoms with E-state index >= 15 is 0 Å². The smallest absolute Gasteiger partial charge is 0.0510 e. The second-order valence-corrected chi connectivity index (χ2v) is 5.40. The van der Waals surface area contributed by atoms with E-state index in [0.29, 0.717) is 12.5 Å². The first kappa shape index (κ1) is 12.4. The molecule has 1 aromatic heterocycles. The SMILES string of the molecule is Cc1ccc(CN)c(C2CCCc3cccnc32)c1. The molecular formula is C17H20N2. The van der Waals surface area contributed by atoms with Gasteiger partial charge in [0.25, 0.3) is 0 Å². The van der Waals surface area contributed by atoms with Crippen LogP contribution in [-0.2, 0) is 13.0 Å². The minimum absolute atomic E-state index is 0.420. The van der Waals surface area contributed by atoms with Crippen LogP contribution in [-0.4, -0.2) is 4.98 Å². The average molecular weight is 252 g/mol. The number of nitrogens with two attached hydrogens (primary N) is 1. The molecule has 2 N–H and O–H groups in total. The minimum atomic E-state index is 0.420. The molecule has 2 nitrogen and oxygen atoms in total. The highest BCUT2D eigenvalue weighted by Gasteiger charge is 2.24. The van der Waals surface area contributed by atoms with Crippen molar-refractivity contribution in [2.75, 3.05) is 0 Å². The van der Waals surface area contributed by atoms with Crippen molar-refractivity contribution in [1.82, 2.24) is 4.98 Å². The van der Waals surface area contributed by atoms with Crippen molar-refractivity contribution in [3.05, 3.63) is 64.5 Å². The van der Waals surface area contributed by atoms with Gasteiger partial charge in [0, 0.05) is 18.7 Å². The molecule has 0 saturated heterocycles. The van der Waals surface area contributed by atoms with Crippen molar-refractivity contribution in [1.29, 1.82) is 0 Å². The van der Waals surface area contributed by atoms with Gasteiger partial charge in [0.1, 0.15) is 0 Å². The van der Waals surface area contributed by atoms with E-state index in [0.717, 1.165) is 6.42 Å². The van der Waals surface area contributed by atoms with Gasteiger partial charge in [-0.05, 0) is 48.9 Å². The average Bonchev–Trinajstić information content (AvgIpc) is 2.46. The van der Waals surface area contributed by atoms with Crippen LogP contribution in [0.3, 0.4) is 0 Å². The lowest BCUT2D eigenvalue weighted by molar-refractivity contribution is 0.594. The van der Waals surface area contributed by atoms with Crippen molar-refractivity contribution in [3.8, 4) is 0 Å². The Kier molecular flexibility index (Phi) is 3.34. The van der Waals surface area contributed by atoms with E-state index in [2.05, 4.69) is 36.2 Å². The minimum Gasteiger partial charge on any atom is -0.326 e. The molecule has 0 bridgehead atoms. The van der Waals surface area contributed by atoms with Crippen LogP contribution in [0.2, 0.25) is 0 Å². The first-order chi connectivity index (χ1) is 9.29. The van der Waals surface area contributed by atoms with Gasteiger partial charge in [-0.2, -0.15) is 0 Å². The number of nitrogens with zero attached hydrogens (tertiary/aromatic N) is 1. The van der Waals surface area contributed by atoms with Crippen LogP contribution < -0.4 is 5.73 Å². The van der Waals surface area contributed by atoms with Gasteiger partial charge < -0.3 is 5.73 Å². The maximum atomic E-state index is 5.91. The monoisotopic (exact) mass is 252 g/mol. The van der Waals surface area contributed by atoms with Gasteiger partial charge in [-0.15, -0.1) is 0 Å². The third-order valence-electron chi connectivity index (χ3n) is 4.09. The van der Waals surface area contributed by atoms with E-state index < -0.39 is 0 Å². The molecule has 0 amide bonds. The number of hydrogen-bond acceptors (Lipinski definition) is 2. The second kappa shape index (κ2) is 5.14. The molecule has 0 radical (unpaired) electrons. The fourth-order valence-electron chi connectivity index (χ4n) is 3.14. The summed E-state index contributed by atoms with van der Waals surface area (Å²) in [5.41, 5.74) is 12.5. The summed E-state index contributed by atoms with van der Waals surface area (Å²) < 4.78 is 0. The first-order valence-electron chi connectivity index (χ1n) is 7.03. The van der Waals surface area contributed by atoms with Gasteiger partial charge in [0.15, 0.2) is 0 Å². The number of hydrogen-bond donors (Lipinski definition) is 1. The van der Waals surface area contributed by atoms with E-state index in [1.54, 1.807) is 0 Å². The lowest BCUT2D eigenvalue weighted by atomic mass is 9.80. The summed E-state index contributed by atoms with van der Waals surface area (Å²) >= 11 is 0. The molecule has 98 valence electrons. The summed E-state index contributed by atoms with van der Waals surface area (Å²) in [6.45, 7) is 2.75. The van der Waals surface area contributed by atoms with Crippen LogP contribution in [0.4, 0.5) is 0 Å². The zero-order valence-corrected chi connectivity index (χ0v) is 11.4. The first-order valence-corrected chi connectivity index (χ1v) is 7.03. The molecule has 1 heterocycles. The zero-order chi connectivity index (χ0) is 13.2. The van der Waals surface area contributed by atoms with Crippen LogP contribution in [0.25, 0.3) is 0 Å². The van der Waals surface area contributed by atoms with Gasteiger partial charge in [-0.1, -0.05) is 29.8 Å². The summed E-state index contributed by atoms with van der Waals surface area (Å²) in [5, 5.41) is 0. The number of pyridine rings is 1. The van der Waals surface area contributed by atoms with Crippen molar-refractivity contribution in [2.45, 2.75) is 38.6 Å². The molecule has 0 spiro atoms. The number of fused-ring (bicyclic) bond motifs is 1. The predicted molar refractivity (Wildman–Crippen MR) is 78.1 cm³/mol. The Morgan fingerprint density at radius 2 is 2.21 bits per heavy atom. The van der Waals surface area contributed by atoms with Crippen LogP contribution in [0, 0.1) is 6.92 Å². The fraction of sp³-hybridized carbons (Fsp3) is 0.353.